The molecule has 14 heteroatoms. The highest BCUT2D eigenvalue weighted by atomic mass is 19.3. The number of hydrogen-bond donors (Lipinski definition) is 2. The van der Waals surface area contributed by atoms with E-state index < -0.39 is 31.1 Å². The fourth-order valence-corrected chi connectivity index (χ4v) is 4.29. The first-order valence-electron chi connectivity index (χ1n) is 13.9. The summed E-state index contributed by atoms with van der Waals surface area (Å²) in [5, 5.41) is 18.3. The van der Waals surface area contributed by atoms with Gasteiger partial charge in [-0.15, -0.1) is 5.10 Å². The second-order valence-corrected chi connectivity index (χ2v) is 10.4. The SMILES string of the molecule is CC(CF)CF.CC1CCN(C2COC2)CC1(F)F.CN=Nc1ccc(-c2ccn3nc(NC)nc(NC)c23)nc1C. The number of hydrogen-bond acceptors (Lipinski definition) is 9. The van der Waals surface area contributed by atoms with Crippen LogP contribution >= 0.6 is 0 Å². The second kappa shape index (κ2) is 15.2. The van der Waals surface area contributed by atoms with Crippen LogP contribution < -0.4 is 10.6 Å². The number of rotatable bonds is 7. The Morgan fingerprint density at radius 2 is 1.83 bits per heavy atom. The lowest BCUT2D eigenvalue weighted by Crippen LogP contribution is -2.57. The maximum atomic E-state index is 13.3. The summed E-state index contributed by atoms with van der Waals surface area (Å²) in [6.07, 6.45) is 2.49. The van der Waals surface area contributed by atoms with Gasteiger partial charge in [0.15, 0.2) is 5.82 Å². The van der Waals surface area contributed by atoms with E-state index in [9.17, 15) is 17.6 Å². The molecule has 1 atom stereocenters. The van der Waals surface area contributed by atoms with Gasteiger partial charge in [0.05, 0.1) is 50.5 Å². The number of piperidine rings is 1. The maximum absolute atomic E-state index is 13.3. The number of nitrogens with one attached hydrogen (secondary N) is 2. The molecule has 10 nitrogen and oxygen atoms in total. The zero-order valence-electron chi connectivity index (χ0n) is 25.0. The number of alkyl halides is 4. The Bertz CT molecular complexity index is 1310. The highest BCUT2D eigenvalue weighted by Crippen LogP contribution is 2.34. The molecular formula is C28H41F4N9O. The first-order valence-corrected chi connectivity index (χ1v) is 13.9. The molecule has 1 unspecified atom stereocenters. The van der Waals surface area contributed by atoms with Gasteiger partial charge in [0, 0.05) is 44.7 Å². The van der Waals surface area contributed by atoms with E-state index in [1.165, 1.54) is 6.92 Å². The number of anilines is 2. The van der Waals surface area contributed by atoms with Gasteiger partial charge in [-0.25, -0.2) is 13.3 Å². The van der Waals surface area contributed by atoms with Crippen LogP contribution in [0.15, 0.2) is 34.6 Å². The van der Waals surface area contributed by atoms with E-state index in [0.29, 0.717) is 25.6 Å². The summed E-state index contributed by atoms with van der Waals surface area (Å²) in [5.41, 5.74) is 4.27. The summed E-state index contributed by atoms with van der Waals surface area (Å²) >= 11 is 0. The molecule has 2 N–H and O–H groups in total. The summed E-state index contributed by atoms with van der Waals surface area (Å²) < 4.78 is 55.7. The predicted molar refractivity (Wildman–Crippen MR) is 157 cm³/mol. The molecule has 2 aliphatic rings. The average molecular weight is 596 g/mol. The fraction of sp³-hybridized carbons (Fsp3) is 0.607. The highest BCUT2D eigenvalue weighted by Gasteiger charge is 2.44. The summed E-state index contributed by atoms with van der Waals surface area (Å²) in [7, 11) is 5.27. The van der Waals surface area contributed by atoms with Gasteiger partial charge in [-0.05, 0) is 38.1 Å². The van der Waals surface area contributed by atoms with Crippen LogP contribution in [0.3, 0.4) is 0 Å². The Morgan fingerprint density at radius 3 is 2.33 bits per heavy atom. The summed E-state index contributed by atoms with van der Waals surface area (Å²) in [4.78, 5) is 11.0. The zero-order valence-corrected chi connectivity index (χ0v) is 25.0. The molecule has 2 fully saturated rings. The van der Waals surface area contributed by atoms with Crippen LogP contribution in [-0.2, 0) is 4.74 Å². The number of likely N-dealkylation sites (tertiary alicyclic amines) is 1. The lowest BCUT2D eigenvalue weighted by Gasteiger charge is -2.43. The number of halogens is 4. The van der Waals surface area contributed by atoms with Crippen LogP contribution in [0.1, 0.15) is 26.0 Å². The maximum Gasteiger partial charge on any atom is 0.263 e. The van der Waals surface area contributed by atoms with E-state index in [1.54, 1.807) is 25.5 Å². The third-order valence-corrected chi connectivity index (χ3v) is 7.16. The van der Waals surface area contributed by atoms with Gasteiger partial charge in [0.2, 0.25) is 5.95 Å². The topological polar surface area (TPSA) is 104 Å². The minimum Gasteiger partial charge on any atom is -0.378 e. The Hall–Kier alpha value is -3.39. The Labute approximate surface area is 244 Å². The number of aromatic nitrogens is 4. The largest absolute Gasteiger partial charge is 0.378 e. The molecule has 0 radical (unpaired) electrons. The molecule has 0 amide bonds. The molecule has 0 bridgehead atoms. The van der Waals surface area contributed by atoms with Gasteiger partial charge in [-0.2, -0.15) is 15.2 Å². The van der Waals surface area contributed by atoms with Crippen LogP contribution in [0.2, 0.25) is 0 Å². The summed E-state index contributed by atoms with van der Waals surface area (Å²) in [5.74, 6) is -2.09. The Kier molecular flexibility index (Phi) is 12.0. The van der Waals surface area contributed by atoms with E-state index in [-0.39, 0.29) is 12.6 Å². The Balaban J connectivity index is 0.000000213. The number of pyridine rings is 1. The zero-order chi connectivity index (χ0) is 30.9. The Morgan fingerprint density at radius 1 is 1.12 bits per heavy atom. The van der Waals surface area contributed by atoms with Gasteiger partial charge in [0.25, 0.3) is 5.92 Å². The third-order valence-electron chi connectivity index (χ3n) is 7.16. The van der Waals surface area contributed by atoms with E-state index in [4.69, 9.17) is 4.74 Å². The van der Waals surface area contributed by atoms with Crippen molar-refractivity contribution in [1.82, 2.24) is 24.5 Å². The molecule has 3 aromatic rings. The third kappa shape index (κ3) is 8.12. The van der Waals surface area contributed by atoms with Crippen LogP contribution in [0.25, 0.3) is 16.8 Å². The second-order valence-electron chi connectivity index (χ2n) is 10.4. The van der Waals surface area contributed by atoms with Crippen LogP contribution in [0.5, 0.6) is 0 Å². The standard InChI is InChI=1S/C15H18N8.C9H15F2NO.C4H8F2/c1-9-11(21-18-4)5-6-12(19-9)10-7-8-23-13(10)14(16-2)20-15(17-3)22-23;1-7-2-3-12(6-9(7,10)11)8-4-13-5-8;1-4(2-5)3-6/h5-8H,1-4H3,(H2,16,17,20,22);7-8H,2-6H2,1H3;4H,2-3H2,1H3. The molecular weight excluding hydrogens is 554 g/mol. The van der Waals surface area contributed by atoms with E-state index in [2.05, 4.69) is 35.9 Å². The number of ether oxygens (including phenoxy) is 1. The first-order chi connectivity index (χ1) is 20.1. The normalized spacial score (nSPS) is 18.7. The van der Waals surface area contributed by atoms with Crippen LogP contribution in [-0.4, -0.2) is 97.2 Å². The molecule has 0 spiro atoms. The van der Waals surface area contributed by atoms with Gasteiger partial charge >= 0.3 is 0 Å². The van der Waals surface area contributed by atoms with Crippen molar-refractivity contribution in [3.05, 3.63) is 30.1 Å². The fourth-order valence-electron chi connectivity index (χ4n) is 4.29. The van der Waals surface area contributed by atoms with Crippen molar-refractivity contribution < 1.29 is 22.3 Å². The smallest absolute Gasteiger partial charge is 0.263 e. The average Bonchev–Trinajstić information content (AvgIpc) is 3.39. The molecule has 2 aliphatic heterocycles. The van der Waals surface area contributed by atoms with E-state index >= 15 is 0 Å². The number of nitrogens with zero attached hydrogens (tertiary/aromatic N) is 7. The molecule has 3 aromatic heterocycles. The lowest BCUT2D eigenvalue weighted by molar-refractivity contribution is -0.149. The van der Waals surface area contributed by atoms with E-state index in [1.807, 2.05) is 43.3 Å². The molecule has 0 aromatic carbocycles. The van der Waals surface area contributed by atoms with Crippen molar-refractivity contribution in [2.75, 3.05) is 71.4 Å². The number of azo groups is 1. The lowest BCUT2D eigenvalue weighted by atomic mass is 9.93. The first kappa shape index (κ1) is 33.1. The molecule has 2 saturated heterocycles. The number of fused-ring (bicyclic) bond motifs is 1. The quantitative estimate of drug-likeness (QED) is 0.262. The monoisotopic (exact) mass is 595 g/mol. The van der Waals surface area contributed by atoms with Crippen LogP contribution in [0.4, 0.5) is 35.0 Å². The van der Waals surface area contributed by atoms with E-state index in [0.717, 1.165) is 40.5 Å². The predicted octanol–water partition coefficient (Wildman–Crippen LogP) is 5.82. The molecule has 5 rings (SSSR count). The van der Waals surface area contributed by atoms with Gasteiger partial charge in [0.1, 0.15) is 11.2 Å². The van der Waals surface area contributed by atoms with Crippen molar-refractivity contribution in [1.29, 1.82) is 0 Å². The van der Waals surface area contributed by atoms with Crippen molar-refractivity contribution in [3.8, 4) is 11.3 Å². The summed E-state index contributed by atoms with van der Waals surface area (Å²) in [6.45, 7) is 5.96. The van der Waals surface area contributed by atoms with Gasteiger partial charge < -0.3 is 15.4 Å². The van der Waals surface area contributed by atoms with Gasteiger partial charge in [-0.3, -0.25) is 18.7 Å². The van der Waals surface area contributed by atoms with Crippen molar-refractivity contribution in [3.63, 3.8) is 0 Å². The van der Waals surface area contributed by atoms with Crippen molar-refractivity contribution in [2.45, 2.75) is 39.2 Å². The molecule has 0 saturated carbocycles. The molecule has 232 valence electrons. The highest BCUT2D eigenvalue weighted by molar-refractivity contribution is 5.87. The molecule has 42 heavy (non-hydrogen) atoms. The molecule has 5 heterocycles. The molecule has 0 aliphatic carbocycles. The summed E-state index contributed by atoms with van der Waals surface area (Å²) in [6, 6.07) is 6.07. The minimum atomic E-state index is -2.51. The van der Waals surface area contributed by atoms with Gasteiger partial charge in [-0.1, -0.05) is 13.8 Å². The minimum absolute atomic E-state index is 0.0812. The van der Waals surface area contributed by atoms with Crippen LogP contribution in [0, 0.1) is 18.8 Å². The van der Waals surface area contributed by atoms with Crippen molar-refractivity contribution in [2.24, 2.45) is 22.1 Å². The number of aryl methyl sites for hydroxylation is 1. The van der Waals surface area contributed by atoms with Crippen molar-refractivity contribution >= 4 is 23.0 Å².